The molecule has 1 saturated carbocycles. The summed E-state index contributed by atoms with van der Waals surface area (Å²) in [7, 11) is 0. The van der Waals surface area contributed by atoms with E-state index in [1.165, 1.54) is 12.8 Å². The summed E-state index contributed by atoms with van der Waals surface area (Å²) in [5.41, 5.74) is 6.00. The number of halogens is 1. The van der Waals surface area contributed by atoms with Gasteiger partial charge >= 0.3 is 0 Å². The molecule has 1 heterocycles. The maximum absolute atomic E-state index is 12.3. The lowest BCUT2D eigenvalue weighted by molar-refractivity contribution is -0.144. The molecule has 2 unspecified atom stereocenters. The predicted octanol–water partition coefficient (Wildman–Crippen LogP) is 1.30. The number of nitrogens with two attached hydrogens (primary N) is 1. The highest BCUT2D eigenvalue weighted by Gasteiger charge is 2.34. The minimum atomic E-state index is -0.301. The van der Waals surface area contributed by atoms with Crippen LogP contribution in [0.3, 0.4) is 0 Å². The van der Waals surface area contributed by atoms with Crippen LogP contribution in [0.5, 0.6) is 0 Å². The third-order valence-corrected chi connectivity index (χ3v) is 4.32. The van der Waals surface area contributed by atoms with Crippen LogP contribution in [-0.4, -0.2) is 41.9 Å². The van der Waals surface area contributed by atoms with Crippen LogP contribution in [0.4, 0.5) is 0 Å². The Morgan fingerprint density at radius 3 is 2.48 bits per heavy atom. The number of nitrogens with one attached hydrogen (secondary N) is 1. The molecule has 0 aromatic carbocycles. The van der Waals surface area contributed by atoms with Gasteiger partial charge in [0.05, 0.1) is 0 Å². The van der Waals surface area contributed by atoms with Gasteiger partial charge in [0, 0.05) is 25.0 Å². The summed E-state index contributed by atoms with van der Waals surface area (Å²) in [6, 6.07) is -0.234. The molecule has 0 spiro atoms. The molecule has 2 fully saturated rings. The zero-order chi connectivity index (χ0) is 14.7. The molecule has 0 radical (unpaired) electrons. The Hall–Kier alpha value is -0.810. The summed E-state index contributed by atoms with van der Waals surface area (Å²) in [5, 5.41) is 2.94. The van der Waals surface area contributed by atoms with Crippen molar-refractivity contribution >= 4 is 24.2 Å². The van der Waals surface area contributed by atoms with Crippen molar-refractivity contribution < 1.29 is 9.59 Å². The van der Waals surface area contributed by atoms with E-state index in [9.17, 15) is 9.59 Å². The van der Waals surface area contributed by atoms with E-state index in [-0.39, 0.29) is 42.2 Å². The van der Waals surface area contributed by atoms with Crippen molar-refractivity contribution in [2.24, 2.45) is 17.6 Å². The second-order valence-corrected chi connectivity index (χ2v) is 6.44. The van der Waals surface area contributed by atoms with E-state index >= 15 is 0 Å². The normalized spacial score (nSPS) is 23.4. The summed E-state index contributed by atoms with van der Waals surface area (Å²) in [6.45, 7) is 5.00. The minimum Gasteiger partial charge on any atom is -0.353 e. The van der Waals surface area contributed by atoms with E-state index in [2.05, 4.69) is 5.32 Å². The van der Waals surface area contributed by atoms with Gasteiger partial charge in [0.1, 0.15) is 6.04 Å². The minimum absolute atomic E-state index is 0. The summed E-state index contributed by atoms with van der Waals surface area (Å²) in [6.07, 6.45) is 5.12. The molecule has 21 heavy (non-hydrogen) atoms. The van der Waals surface area contributed by atoms with Crippen LogP contribution in [0.25, 0.3) is 0 Å². The van der Waals surface area contributed by atoms with Gasteiger partial charge in [0.25, 0.3) is 0 Å². The van der Waals surface area contributed by atoms with Gasteiger partial charge in [-0.3, -0.25) is 9.59 Å². The number of amides is 2. The molecular formula is C15H28ClN3O2. The molecule has 2 atom stereocenters. The lowest BCUT2D eigenvalue weighted by atomic mass is 9.99. The molecule has 0 aromatic rings. The van der Waals surface area contributed by atoms with Crippen molar-refractivity contribution in [1.82, 2.24) is 10.2 Å². The summed E-state index contributed by atoms with van der Waals surface area (Å²) in [5.74, 6) is 0.568. The van der Waals surface area contributed by atoms with Crippen LogP contribution in [-0.2, 0) is 9.59 Å². The van der Waals surface area contributed by atoms with Crippen LogP contribution in [0.1, 0.15) is 46.0 Å². The molecule has 5 nitrogen and oxygen atoms in total. The second kappa shape index (κ2) is 7.99. The van der Waals surface area contributed by atoms with Crippen molar-refractivity contribution in [3.63, 3.8) is 0 Å². The number of hydrogen-bond acceptors (Lipinski definition) is 3. The number of nitrogens with zero attached hydrogens (tertiary/aromatic N) is 1. The quantitative estimate of drug-likeness (QED) is 0.802. The zero-order valence-corrected chi connectivity index (χ0v) is 13.8. The Balaban J connectivity index is 0.00000220. The Kier molecular flexibility index (Phi) is 6.94. The van der Waals surface area contributed by atoms with Crippen molar-refractivity contribution in [2.75, 3.05) is 13.1 Å². The Labute approximate surface area is 133 Å². The largest absolute Gasteiger partial charge is 0.353 e. The van der Waals surface area contributed by atoms with Crippen LogP contribution >= 0.6 is 12.4 Å². The third kappa shape index (κ3) is 4.85. The molecule has 2 amide bonds. The standard InChI is InChI=1S/C15H27N3O2.ClH/c1-10(2)15(20)18-8-4-3-5-13(18)14(19)17-9-12(16)11-6-7-11;/h10-13H,3-9,16H2,1-2H3,(H,17,19);1H. The lowest BCUT2D eigenvalue weighted by Gasteiger charge is -2.36. The van der Waals surface area contributed by atoms with Gasteiger partial charge in [-0.25, -0.2) is 0 Å². The van der Waals surface area contributed by atoms with Gasteiger partial charge < -0.3 is 16.0 Å². The molecule has 2 rings (SSSR count). The average Bonchev–Trinajstić information content (AvgIpc) is 3.28. The first kappa shape index (κ1) is 18.2. The first-order chi connectivity index (χ1) is 9.50. The zero-order valence-electron chi connectivity index (χ0n) is 13.0. The molecule has 0 bridgehead atoms. The molecule has 1 saturated heterocycles. The van der Waals surface area contributed by atoms with E-state index in [0.29, 0.717) is 19.0 Å². The summed E-state index contributed by atoms with van der Waals surface area (Å²) < 4.78 is 0. The van der Waals surface area contributed by atoms with E-state index in [1.54, 1.807) is 4.90 Å². The number of carbonyl (C=O) groups excluding carboxylic acids is 2. The lowest BCUT2D eigenvalue weighted by Crippen LogP contribution is -2.54. The topological polar surface area (TPSA) is 75.4 Å². The fraction of sp³-hybridized carbons (Fsp3) is 0.867. The third-order valence-electron chi connectivity index (χ3n) is 4.32. The maximum Gasteiger partial charge on any atom is 0.242 e. The van der Waals surface area contributed by atoms with E-state index in [4.69, 9.17) is 5.73 Å². The summed E-state index contributed by atoms with van der Waals surface area (Å²) in [4.78, 5) is 26.3. The first-order valence-corrected chi connectivity index (χ1v) is 7.84. The summed E-state index contributed by atoms with van der Waals surface area (Å²) >= 11 is 0. The maximum atomic E-state index is 12.3. The molecule has 2 aliphatic rings. The molecular weight excluding hydrogens is 290 g/mol. The number of rotatable bonds is 5. The van der Waals surface area contributed by atoms with Gasteiger partial charge in [0.2, 0.25) is 11.8 Å². The van der Waals surface area contributed by atoms with Crippen molar-refractivity contribution in [1.29, 1.82) is 0 Å². The van der Waals surface area contributed by atoms with Gasteiger partial charge in [0.15, 0.2) is 0 Å². The predicted molar refractivity (Wildman–Crippen MR) is 85.1 cm³/mol. The fourth-order valence-corrected chi connectivity index (χ4v) is 2.83. The molecule has 122 valence electrons. The number of piperidine rings is 1. The average molecular weight is 318 g/mol. The molecule has 1 aliphatic heterocycles. The molecule has 3 N–H and O–H groups in total. The molecule has 0 aromatic heterocycles. The SMILES string of the molecule is CC(C)C(=O)N1CCCCC1C(=O)NCC(N)C1CC1.Cl. The van der Waals surface area contributed by atoms with E-state index < -0.39 is 0 Å². The van der Waals surface area contributed by atoms with Gasteiger partial charge in [-0.2, -0.15) is 0 Å². The van der Waals surface area contributed by atoms with E-state index in [0.717, 1.165) is 19.3 Å². The van der Waals surface area contributed by atoms with Crippen LogP contribution in [0, 0.1) is 11.8 Å². The van der Waals surface area contributed by atoms with E-state index in [1.807, 2.05) is 13.8 Å². The first-order valence-electron chi connectivity index (χ1n) is 7.84. The Bertz CT molecular complexity index is 372. The Morgan fingerprint density at radius 1 is 1.24 bits per heavy atom. The number of hydrogen-bond donors (Lipinski definition) is 2. The number of likely N-dealkylation sites (tertiary alicyclic amines) is 1. The monoisotopic (exact) mass is 317 g/mol. The van der Waals surface area contributed by atoms with Crippen molar-refractivity contribution in [2.45, 2.75) is 58.0 Å². The van der Waals surface area contributed by atoms with Gasteiger partial charge in [-0.1, -0.05) is 13.8 Å². The fourth-order valence-electron chi connectivity index (χ4n) is 2.83. The van der Waals surface area contributed by atoms with Gasteiger partial charge in [-0.15, -0.1) is 12.4 Å². The Morgan fingerprint density at radius 2 is 1.90 bits per heavy atom. The van der Waals surface area contributed by atoms with Crippen molar-refractivity contribution in [3.8, 4) is 0 Å². The highest BCUT2D eigenvalue weighted by molar-refractivity contribution is 5.88. The second-order valence-electron chi connectivity index (χ2n) is 6.44. The number of carbonyl (C=O) groups is 2. The highest BCUT2D eigenvalue weighted by atomic mass is 35.5. The molecule has 6 heteroatoms. The van der Waals surface area contributed by atoms with Gasteiger partial charge in [-0.05, 0) is 38.0 Å². The van der Waals surface area contributed by atoms with Crippen LogP contribution in [0.15, 0.2) is 0 Å². The van der Waals surface area contributed by atoms with Crippen molar-refractivity contribution in [3.05, 3.63) is 0 Å². The van der Waals surface area contributed by atoms with Crippen LogP contribution in [0.2, 0.25) is 0 Å². The smallest absolute Gasteiger partial charge is 0.242 e. The highest BCUT2D eigenvalue weighted by Crippen LogP contribution is 2.31. The van der Waals surface area contributed by atoms with Crippen LogP contribution < -0.4 is 11.1 Å². The molecule has 1 aliphatic carbocycles.